The molecule has 20 heavy (non-hydrogen) atoms. The fourth-order valence-electron chi connectivity index (χ4n) is 2.01. The van der Waals surface area contributed by atoms with Gasteiger partial charge in [-0.25, -0.2) is 0 Å². The molecule has 0 spiro atoms. The molecule has 1 heterocycles. The van der Waals surface area contributed by atoms with Gasteiger partial charge in [0.1, 0.15) is 0 Å². The van der Waals surface area contributed by atoms with Crippen molar-refractivity contribution >= 4 is 27.5 Å². The number of nitrogen functional groups attached to an aromatic ring is 1. The van der Waals surface area contributed by atoms with Crippen LogP contribution >= 0.6 is 11.6 Å². The van der Waals surface area contributed by atoms with Crippen LogP contribution in [0.2, 0.25) is 5.02 Å². The Kier molecular flexibility index (Phi) is 4.87. The summed E-state index contributed by atoms with van der Waals surface area (Å²) in [5.74, 6) is 0. The molecule has 1 aliphatic heterocycles. The molecule has 0 aliphatic carbocycles. The first kappa shape index (κ1) is 15.5. The molecule has 1 fully saturated rings. The minimum atomic E-state index is -3.50. The maximum atomic E-state index is 12.4. The van der Waals surface area contributed by atoms with Crippen molar-refractivity contribution in [3.8, 4) is 0 Å². The van der Waals surface area contributed by atoms with Crippen LogP contribution in [0.15, 0.2) is 18.2 Å². The zero-order valence-corrected chi connectivity index (χ0v) is 12.8. The minimum absolute atomic E-state index is 0.184. The molecule has 0 bridgehead atoms. The van der Waals surface area contributed by atoms with Crippen molar-refractivity contribution < 1.29 is 13.2 Å². The topological polar surface area (TPSA) is 75.9 Å². The Morgan fingerprint density at radius 1 is 1.40 bits per heavy atom. The van der Waals surface area contributed by atoms with E-state index >= 15 is 0 Å². The molecule has 0 atom stereocenters. The summed E-state index contributed by atoms with van der Waals surface area (Å²) in [6, 6.07) is 5.04. The molecular weight excluding hydrogens is 302 g/mol. The van der Waals surface area contributed by atoms with E-state index in [-0.39, 0.29) is 6.54 Å². The third kappa shape index (κ3) is 3.42. The number of halogens is 1. The highest BCUT2D eigenvalue weighted by molar-refractivity contribution is 7.86. The Hall–Kier alpha value is -0.860. The Labute approximate surface area is 124 Å². The highest BCUT2D eigenvalue weighted by Gasteiger charge is 2.28. The van der Waals surface area contributed by atoms with Crippen molar-refractivity contribution in [3.63, 3.8) is 0 Å². The number of benzene rings is 1. The van der Waals surface area contributed by atoms with Crippen LogP contribution in [0.4, 0.5) is 5.69 Å². The van der Waals surface area contributed by atoms with Crippen molar-refractivity contribution in [1.82, 2.24) is 8.61 Å². The number of nitrogens with two attached hydrogens (primary N) is 1. The van der Waals surface area contributed by atoms with E-state index in [1.807, 2.05) is 0 Å². The monoisotopic (exact) mass is 319 g/mol. The molecule has 1 aromatic carbocycles. The SMILES string of the molecule is CN(Cc1cc(N)ccc1Cl)S(=O)(=O)N1CCOCC1. The number of rotatable bonds is 4. The van der Waals surface area contributed by atoms with Gasteiger partial charge >= 0.3 is 0 Å². The second-order valence-corrected chi connectivity index (χ2v) is 7.07. The van der Waals surface area contributed by atoms with E-state index in [9.17, 15) is 8.42 Å². The van der Waals surface area contributed by atoms with Crippen molar-refractivity contribution in [1.29, 1.82) is 0 Å². The van der Waals surface area contributed by atoms with E-state index in [0.29, 0.717) is 42.6 Å². The van der Waals surface area contributed by atoms with Gasteiger partial charge in [0.2, 0.25) is 0 Å². The van der Waals surface area contributed by atoms with Crippen molar-refractivity contribution in [2.24, 2.45) is 0 Å². The Bertz CT molecular complexity index is 573. The molecule has 2 N–H and O–H groups in total. The maximum absolute atomic E-state index is 12.4. The summed E-state index contributed by atoms with van der Waals surface area (Å²) in [6.45, 7) is 1.77. The summed E-state index contributed by atoms with van der Waals surface area (Å²) in [7, 11) is -1.97. The lowest BCUT2D eigenvalue weighted by Crippen LogP contribution is -2.47. The molecule has 0 radical (unpaired) electrons. The van der Waals surface area contributed by atoms with Crippen LogP contribution in [0, 0.1) is 0 Å². The first-order valence-corrected chi connectivity index (χ1v) is 8.02. The number of anilines is 1. The normalized spacial score (nSPS) is 17.6. The summed E-state index contributed by atoms with van der Waals surface area (Å²) in [5, 5.41) is 0.503. The summed E-state index contributed by atoms with van der Waals surface area (Å²) in [4.78, 5) is 0. The molecule has 0 aromatic heterocycles. The first-order chi connectivity index (χ1) is 9.41. The van der Waals surface area contributed by atoms with Gasteiger partial charge in [0.15, 0.2) is 0 Å². The van der Waals surface area contributed by atoms with Crippen LogP contribution in [0.5, 0.6) is 0 Å². The van der Waals surface area contributed by atoms with E-state index in [2.05, 4.69) is 0 Å². The lowest BCUT2D eigenvalue weighted by atomic mass is 10.2. The van der Waals surface area contributed by atoms with Gasteiger partial charge in [-0.15, -0.1) is 0 Å². The summed E-state index contributed by atoms with van der Waals surface area (Å²) < 4.78 is 32.7. The molecule has 6 nitrogen and oxygen atoms in total. The highest BCUT2D eigenvalue weighted by Crippen LogP contribution is 2.22. The van der Waals surface area contributed by atoms with Crippen LogP contribution in [0.3, 0.4) is 0 Å². The lowest BCUT2D eigenvalue weighted by Gasteiger charge is -2.30. The second kappa shape index (κ2) is 6.28. The summed E-state index contributed by atoms with van der Waals surface area (Å²) in [5.41, 5.74) is 6.94. The van der Waals surface area contributed by atoms with Crippen LogP contribution < -0.4 is 5.73 Å². The van der Waals surface area contributed by atoms with Gasteiger partial charge in [0.05, 0.1) is 13.2 Å². The van der Waals surface area contributed by atoms with Crippen LogP contribution in [0.1, 0.15) is 5.56 Å². The highest BCUT2D eigenvalue weighted by atomic mass is 35.5. The van der Waals surface area contributed by atoms with Gasteiger partial charge in [0.25, 0.3) is 10.2 Å². The largest absolute Gasteiger partial charge is 0.399 e. The predicted molar refractivity (Wildman–Crippen MR) is 78.6 cm³/mol. The van der Waals surface area contributed by atoms with Crippen molar-refractivity contribution in [2.45, 2.75) is 6.54 Å². The third-order valence-corrected chi connectivity index (χ3v) is 5.46. The number of morpholine rings is 1. The fraction of sp³-hybridized carbons (Fsp3) is 0.500. The number of ether oxygens (including phenoxy) is 1. The van der Waals surface area contributed by atoms with E-state index in [1.54, 1.807) is 18.2 Å². The molecule has 8 heteroatoms. The van der Waals surface area contributed by atoms with Crippen molar-refractivity contribution in [2.75, 3.05) is 39.1 Å². The molecule has 0 saturated carbocycles. The quantitative estimate of drug-likeness (QED) is 0.838. The molecule has 0 amide bonds. The third-order valence-electron chi connectivity index (χ3n) is 3.15. The number of hydrogen-bond acceptors (Lipinski definition) is 4. The molecule has 2 rings (SSSR count). The molecule has 1 aromatic rings. The van der Waals surface area contributed by atoms with Gasteiger partial charge in [-0.3, -0.25) is 0 Å². The molecule has 1 saturated heterocycles. The van der Waals surface area contributed by atoms with Crippen LogP contribution in [-0.2, 0) is 21.5 Å². The van der Waals surface area contributed by atoms with E-state index in [4.69, 9.17) is 22.1 Å². The maximum Gasteiger partial charge on any atom is 0.282 e. The van der Waals surface area contributed by atoms with E-state index in [1.165, 1.54) is 15.7 Å². The standard InChI is InChI=1S/C12H18ClN3O3S/c1-15(9-10-8-11(14)2-3-12(10)13)20(17,18)16-4-6-19-7-5-16/h2-3,8H,4-7,9,14H2,1H3. The van der Waals surface area contributed by atoms with Gasteiger partial charge < -0.3 is 10.5 Å². The first-order valence-electron chi connectivity index (χ1n) is 6.24. The number of hydrogen-bond donors (Lipinski definition) is 1. The summed E-state index contributed by atoms with van der Waals surface area (Å²) in [6.07, 6.45) is 0. The Morgan fingerprint density at radius 3 is 2.70 bits per heavy atom. The zero-order chi connectivity index (χ0) is 14.8. The van der Waals surface area contributed by atoms with Gasteiger partial charge in [-0.05, 0) is 23.8 Å². The average Bonchev–Trinajstić information content (AvgIpc) is 2.43. The molecular formula is C12H18ClN3O3S. The predicted octanol–water partition coefficient (Wildman–Crippen LogP) is 0.931. The molecule has 112 valence electrons. The van der Waals surface area contributed by atoms with Crippen LogP contribution in [-0.4, -0.2) is 50.4 Å². The fourth-order valence-corrected chi connectivity index (χ4v) is 3.50. The zero-order valence-electron chi connectivity index (χ0n) is 11.3. The number of nitrogens with zero attached hydrogens (tertiary/aromatic N) is 2. The van der Waals surface area contributed by atoms with Gasteiger partial charge in [-0.2, -0.15) is 17.0 Å². The second-order valence-electron chi connectivity index (χ2n) is 4.63. The molecule has 1 aliphatic rings. The lowest BCUT2D eigenvalue weighted by molar-refractivity contribution is 0.0705. The Morgan fingerprint density at radius 2 is 2.05 bits per heavy atom. The summed E-state index contributed by atoms with van der Waals surface area (Å²) >= 11 is 6.07. The van der Waals surface area contributed by atoms with Crippen molar-refractivity contribution in [3.05, 3.63) is 28.8 Å². The van der Waals surface area contributed by atoms with E-state index < -0.39 is 10.2 Å². The van der Waals surface area contributed by atoms with Gasteiger partial charge in [-0.1, -0.05) is 11.6 Å². The minimum Gasteiger partial charge on any atom is -0.399 e. The Balaban J connectivity index is 2.14. The van der Waals surface area contributed by atoms with Crippen LogP contribution in [0.25, 0.3) is 0 Å². The van der Waals surface area contributed by atoms with Gasteiger partial charge in [0, 0.05) is 37.4 Å². The van der Waals surface area contributed by atoms with E-state index in [0.717, 1.165) is 0 Å². The smallest absolute Gasteiger partial charge is 0.282 e. The molecule has 0 unspecified atom stereocenters. The average molecular weight is 320 g/mol.